The fourth-order valence-electron chi connectivity index (χ4n) is 3.46. The predicted molar refractivity (Wildman–Crippen MR) is 129 cm³/mol. The number of hydrogen-bond acceptors (Lipinski definition) is 7. The van der Waals surface area contributed by atoms with Crippen LogP contribution in [-0.2, 0) is 9.16 Å². The van der Waals surface area contributed by atoms with Crippen molar-refractivity contribution in [2.75, 3.05) is 13.7 Å². The molecule has 9 heteroatoms. The van der Waals surface area contributed by atoms with E-state index in [0.29, 0.717) is 24.7 Å². The van der Waals surface area contributed by atoms with Crippen molar-refractivity contribution in [2.45, 2.75) is 83.8 Å². The predicted octanol–water partition coefficient (Wildman–Crippen LogP) is 5.82. The third kappa shape index (κ3) is 5.95. The fraction of sp³-hybridized carbons (Fsp3) is 0.625. The average Bonchev–Trinajstić information content (AvgIpc) is 3.32. The lowest BCUT2D eigenvalue weighted by atomic mass is 10.2. The highest BCUT2D eigenvalue weighted by atomic mass is 28.4. The van der Waals surface area contributed by atoms with Crippen LogP contribution < -0.4 is 4.74 Å². The Bertz CT molecular complexity index is 960. The Hall–Kier alpha value is -2.39. The van der Waals surface area contributed by atoms with E-state index in [1.165, 1.54) is 0 Å². The van der Waals surface area contributed by atoms with E-state index < -0.39 is 26.1 Å². The van der Waals surface area contributed by atoms with Crippen molar-refractivity contribution in [1.82, 2.24) is 15.0 Å². The molecule has 2 atom stereocenters. The topological polar surface area (TPSA) is 86.9 Å². The molecular weight excluding hydrogens is 438 g/mol. The van der Waals surface area contributed by atoms with Crippen molar-refractivity contribution in [2.24, 2.45) is 0 Å². The molecule has 1 aliphatic heterocycles. The first-order valence-electron chi connectivity index (χ1n) is 11.4. The maximum absolute atomic E-state index is 13.1. The highest BCUT2D eigenvalue weighted by molar-refractivity contribution is 6.74. The molecule has 1 aromatic carbocycles. The normalized spacial score (nSPS) is 19.6. The van der Waals surface area contributed by atoms with Gasteiger partial charge < -0.3 is 18.4 Å². The lowest BCUT2D eigenvalue weighted by Crippen LogP contribution is -2.45. The summed E-state index contributed by atoms with van der Waals surface area (Å²) in [6.45, 7) is 17.0. The summed E-state index contributed by atoms with van der Waals surface area (Å²) in [5, 5.41) is 4.22. The molecule has 0 saturated carbocycles. The molecule has 182 valence electrons. The molecule has 1 fully saturated rings. The molecular formula is C24H37N3O5Si. The summed E-state index contributed by atoms with van der Waals surface area (Å²) in [5.41, 5.74) is 0.199. The lowest BCUT2D eigenvalue weighted by Gasteiger charge is -2.38. The van der Waals surface area contributed by atoms with E-state index in [0.717, 1.165) is 11.3 Å². The zero-order valence-corrected chi connectivity index (χ0v) is 22.3. The number of amides is 1. The number of hydrogen-bond donors (Lipinski definition) is 0. The average molecular weight is 476 g/mol. The molecule has 1 aromatic heterocycles. The number of carbonyl (C=O) groups excluding carboxylic acids is 1. The first-order chi connectivity index (χ1) is 15.2. The summed E-state index contributed by atoms with van der Waals surface area (Å²) < 4.78 is 23.1. The third-order valence-corrected chi connectivity index (χ3v) is 10.8. The Morgan fingerprint density at radius 1 is 1.12 bits per heavy atom. The maximum atomic E-state index is 13.1. The van der Waals surface area contributed by atoms with Crippen LogP contribution in [0.25, 0.3) is 11.4 Å². The first kappa shape index (κ1) is 25.2. The van der Waals surface area contributed by atoms with Gasteiger partial charge in [-0.05, 0) is 63.2 Å². The Labute approximate surface area is 197 Å². The van der Waals surface area contributed by atoms with Gasteiger partial charge in [-0.3, -0.25) is 4.90 Å². The van der Waals surface area contributed by atoms with Crippen molar-refractivity contribution in [3.8, 4) is 17.1 Å². The Kier molecular flexibility index (Phi) is 6.96. The van der Waals surface area contributed by atoms with Crippen molar-refractivity contribution in [3.05, 3.63) is 30.2 Å². The summed E-state index contributed by atoms with van der Waals surface area (Å²) >= 11 is 0. The van der Waals surface area contributed by atoms with Gasteiger partial charge >= 0.3 is 6.09 Å². The number of benzene rings is 1. The minimum absolute atomic E-state index is 0.0634. The third-order valence-electron chi connectivity index (χ3n) is 6.23. The maximum Gasteiger partial charge on any atom is 0.411 e. The zero-order valence-electron chi connectivity index (χ0n) is 21.3. The lowest BCUT2D eigenvalue weighted by molar-refractivity contribution is 0.0186. The highest BCUT2D eigenvalue weighted by Crippen LogP contribution is 2.41. The van der Waals surface area contributed by atoms with Gasteiger partial charge in [0.15, 0.2) is 8.32 Å². The number of aromatic nitrogens is 2. The van der Waals surface area contributed by atoms with E-state index in [1.54, 1.807) is 12.0 Å². The number of rotatable bonds is 5. The molecule has 0 spiro atoms. The number of nitrogens with zero attached hydrogens (tertiary/aromatic N) is 3. The van der Waals surface area contributed by atoms with Crippen LogP contribution in [0.1, 0.15) is 59.9 Å². The van der Waals surface area contributed by atoms with Crippen LogP contribution in [0.15, 0.2) is 28.8 Å². The minimum Gasteiger partial charge on any atom is -0.497 e. The summed E-state index contributed by atoms with van der Waals surface area (Å²) in [5.74, 6) is 1.60. The van der Waals surface area contributed by atoms with E-state index in [9.17, 15) is 4.79 Å². The molecule has 2 heterocycles. The largest absolute Gasteiger partial charge is 0.497 e. The van der Waals surface area contributed by atoms with Crippen LogP contribution >= 0.6 is 0 Å². The van der Waals surface area contributed by atoms with Crippen molar-refractivity contribution in [3.63, 3.8) is 0 Å². The summed E-state index contributed by atoms with van der Waals surface area (Å²) in [7, 11) is -0.405. The molecule has 0 N–H and O–H groups in total. The van der Waals surface area contributed by atoms with Gasteiger partial charge in [0.2, 0.25) is 11.7 Å². The second-order valence-corrected chi connectivity index (χ2v) is 15.8. The number of ether oxygens (including phenoxy) is 2. The highest BCUT2D eigenvalue weighted by Gasteiger charge is 2.46. The summed E-state index contributed by atoms with van der Waals surface area (Å²) in [6, 6.07) is 7.02. The molecule has 1 aliphatic rings. The van der Waals surface area contributed by atoms with Crippen LogP contribution in [0.3, 0.4) is 0 Å². The SMILES string of the molecule is COc1ccc(-c2noc([C@@H]3C[C@@H](O[Si](C)(C)C(C)(C)C)CN3C(=O)OC(C)(C)C)n2)cc1. The second kappa shape index (κ2) is 9.10. The van der Waals surface area contributed by atoms with E-state index in [2.05, 4.69) is 44.0 Å². The second-order valence-electron chi connectivity index (χ2n) is 11.1. The van der Waals surface area contributed by atoms with Gasteiger partial charge in [0.05, 0.1) is 13.2 Å². The molecule has 0 radical (unpaired) electrons. The van der Waals surface area contributed by atoms with E-state index in [-0.39, 0.29) is 11.1 Å². The van der Waals surface area contributed by atoms with Crippen LogP contribution in [0.5, 0.6) is 5.75 Å². The van der Waals surface area contributed by atoms with Crippen molar-refractivity contribution >= 4 is 14.4 Å². The summed E-state index contributed by atoms with van der Waals surface area (Å²) in [4.78, 5) is 19.3. The zero-order chi connectivity index (χ0) is 24.6. The van der Waals surface area contributed by atoms with Gasteiger partial charge in [-0.1, -0.05) is 25.9 Å². The number of likely N-dealkylation sites (tertiary alicyclic amines) is 1. The number of methoxy groups -OCH3 is 1. The van der Waals surface area contributed by atoms with Crippen LogP contribution in [0.2, 0.25) is 18.1 Å². The van der Waals surface area contributed by atoms with Crippen molar-refractivity contribution in [1.29, 1.82) is 0 Å². The molecule has 0 bridgehead atoms. The van der Waals surface area contributed by atoms with Crippen LogP contribution in [0, 0.1) is 0 Å². The fourth-order valence-corrected chi connectivity index (χ4v) is 4.82. The Morgan fingerprint density at radius 2 is 1.76 bits per heavy atom. The van der Waals surface area contributed by atoms with Crippen molar-refractivity contribution < 1.29 is 23.2 Å². The standard InChI is InChI=1S/C24H37N3O5Si/c1-23(2,3)30-22(28)27-15-18(32-33(8,9)24(4,5)6)14-19(27)21-25-20(26-31-21)16-10-12-17(29-7)13-11-16/h10-13,18-19H,14-15H2,1-9H3/t18-,19+/m1/s1. The molecule has 2 aromatic rings. The van der Waals surface area contributed by atoms with Gasteiger partial charge in [0, 0.05) is 18.5 Å². The quantitative estimate of drug-likeness (QED) is 0.504. The smallest absolute Gasteiger partial charge is 0.411 e. The molecule has 1 amide bonds. The Balaban J connectivity index is 1.86. The van der Waals surface area contributed by atoms with Crippen LogP contribution in [-0.4, -0.2) is 54.8 Å². The van der Waals surface area contributed by atoms with Gasteiger partial charge in [0.25, 0.3) is 0 Å². The minimum atomic E-state index is -2.03. The Morgan fingerprint density at radius 3 is 2.30 bits per heavy atom. The monoisotopic (exact) mass is 475 g/mol. The molecule has 33 heavy (non-hydrogen) atoms. The van der Waals surface area contributed by atoms with Gasteiger partial charge in [0.1, 0.15) is 17.4 Å². The van der Waals surface area contributed by atoms with Gasteiger partial charge in [-0.15, -0.1) is 0 Å². The first-order valence-corrected chi connectivity index (χ1v) is 14.3. The van der Waals surface area contributed by atoms with E-state index in [4.69, 9.17) is 18.4 Å². The van der Waals surface area contributed by atoms with Gasteiger partial charge in [-0.25, -0.2) is 4.79 Å². The molecule has 8 nitrogen and oxygen atoms in total. The molecule has 0 unspecified atom stereocenters. The van der Waals surface area contributed by atoms with Crippen LogP contribution in [0.4, 0.5) is 4.79 Å². The number of carbonyl (C=O) groups is 1. The molecule has 1 saturated heterocycles. The van der Waals surface area contributed by atoms with E-state index >= 15 is 0 Å². The molecule has 0 aliphatic carbocycles. The summed E-state index contributed by atoms with van der Waals surface area (Å²) in [6.07, 6.45) is 0.0495. The molecule has 3 rings (SSSR count). The van der Waals surface area contributed by atoms with E-state index in [1.807, 2.05) is 45.0 Å². The van der Waals surface area contributed by atoms with Gasteiger partial charge in [-0.2, -0.15) is 4.98 Å².